The fourth-order valence-corrected chi connectivity index (χ4v) is 2.81. The zero-order valence-corrected chi connectivity index (χ0v) is 9.33. The van der Waals surface area contributed by atoms with E-state index in [0.29, 0.717) is 24.4 Å². The average Bonchev–Trinajstić information content (AvgIpc) is 2.56. The Bertz CT molecular complexity index is 450. The molecule has 0 amide bonds. The summed E-state index contributed by atoms with van der Waals surface area (Å²) in [7, 11) is 0. The molecular weight excluding hydrogens is 228 g/mol. The van der Waals surface area contributed by atoms with Crippen molar-refractivity contribution in [2.24, 2.45) is 22.4 Å². The van der Waals surface area contributed by atoms with Crippen molar-refractivity contribution in [2.75, 3.05) is 0 Å². The summed E-state index contributed by atoms with van der Waals surface area (Å²) in [5.74, 6) is -1.08. The lowest BCUT2D eigenvalue weighted by Crippen LogP contribution is -2.21. The molecule has 0 saturated heterocycles. The molecule has 2 rings (SSSR count). The van der Waals surface area contributed by atoms with Gasteiger partial charge in [-0.25, -0.2) is 4.98 Å². The molecule has 0 aliphatic heterocycles. The van der Waals surface area contributed by atoms with Crippen LogP contribution in [0.5, 0.6) is 0 Å². The van der Waals surface area contributed by atoms with Crippen LogP contribution in [0.1, 0.15) is 17.0 Å². The molecule has 0 aromatic carbocycles. The third kappa shape index (κ3) is 2.13. The van der Waals surface area contributed by atoms with Crippen LogP contribution in [0.25, 0.3) is 0 Å². The zero-order valence-electron chi connectivity index (χ0n) is 8.51. The summed E-state index contributed by atoms with van der Waals surface area (Å²) in [5.41, 5.74) is 11.4. The van der Waals surface area contributed by atoms with Crippen LogP contribution in [0.15, 0.2) is 4.99 Å². The summed E-state index contributed by atoms with van der Waals surface area (Å²) in [6.07, 6.45) is 1.85. The van der Waals surface area contributed by atoms with E-state index < -0.39 is 5.97 Å². The lowest BCUT2D eigenvalue weighted by atomic mass is 9.91. The van der Waals surface area contributed by atoms with E-state index in [0.717, 1.165) is 10.6 Å². The van der Waals surface area contributed by atoms with Crippen LogP contribution in [-0.2, 0) is 17.6 Å². The molecule has 86 valence electrons. The van der Waals surface area contributed by atoms with Gasteiger partial charge in [0.05, 0.1) is 11.6 Å². The first-order chi connectivity index (χ1) is 7.56. The van der Waals surface area contributed by atoms with Crippen LogP contribution in [0, 0.1) is 5.92 Å². The molecule has 0 unspecified atom stereocenters. The van der Waals surface area contributed by atoms with E-state index in [-0.39, 0.29) is 11.9 Å². The normalized spacial score (nSPS) is 18.9. The van der Waals surface area contributed by atoms with Gasteiger partial charge < -0.3 is 16.6 Å². The number of fused-ring (bicyclic) bond motifs is 1. The molecule has 1 aromatic heterocycles. The Morgan fingerprint density at radius 3 is 2.94 bits per heavy atom. The standard InChI is InChI=1S/C9H12N4O2S/c10-8(11)13-9-12-5-2-1-4(7(14)15)3-6(5)16-9/h4H,1-3H2,(H,14,15)(H4,10,11,12,13)/t4-/m1/s1. The molecule has 0 bridgehead atoms. The summed E-state index contributed by atoms with van der Waals surface area (Å²) in [4.78, 5) is 20.0. The fourth-order valence-electron chi connectivity index (χ4n) is 1.73. The van der Waals surface area contributed by atoms with Gasteiger partial charge in [0.15, 0.2) is 5.96 Å². The van der Waals surface area contributed by atoms with E-state index in [4.69, 9.17) is 16.6 Å². The third-order valence-electron chi connectivity index (χ3n) is 2.50. The molecule has 6 nitrogen and oxygen atoms in total. The Morgan fingerprint density at radius 1 is 1.56 bits per heavy atom. The van der Waals surface area contributed by atoms with Gasteiger partial charge in [-0.2, -0.15) is 4.99 Å². The number of hydrogen-bond donors (Lipinski definition) is 3. The van der Waals surface area contributed by atoms with Gasteiger partial charge in [0, 0.05) is 4.88 Å². The molecule has 0 fully saturated rings. The van der Waals surface area contributed by atoms with E-state index in [1.165, 1.54) is 11.3 Å². The second-order valence-electron chi connectivity index (χ2n) is 3.68. The Labute approximate surface area is 96.0 Å². The van der Waals surface area contributed by atoms with Crippen molar-refractivity contribution in [1.29, 1.82) is 0 Å². The van der Waals surface area contributed by atoms with Crippen LogP contribution in [-0.4, -0.2) is 22.0 Å². The highest BCUT2D eigenvalue weighted by molar-refractivity contribution is 7.15. The van der Waals surface area contributed by atoms with Gasteiger partial charge in [-0.15, -0.1) is 0 Å². The van der Waals surface area contributed by atoms with Gasteiger partial charge >= 0.3 is 5.97 Å². The lowest BCUT2D eigenvalue weighted by Gasteiger charge is -2.16. The molecule has 16 heavy (non-hydrogen) atoms. The number of nitrogens with zero attached hydrogens (tertiary/aromatic N) is 2. The highest BCUT2D eigenvalue weighted by Gasteiger charge is 2.27. The smallest absolute Gasteiger partial charge is 0.306 e. The molecule has 0 saturated carbocycles. The highest BCUT2D eigenvalue weighted by atomic mass is 32.1. The first-order valence-corrected chi connectivity index (χ1v) is 5.69. The quantitative estimate of drug-likeness (QED) is 0.506. The summed E-state index contributed by atoms with van der Waals surface area (Å²) in [6.45, 7) is 0. The molecule has 1 aliphatic rings. The predicted molar refractivity (Wildman–Crippen MR) is 60.7 cm³/mol. The van der Waals surface area contributed by atoms with Crippen LogP contribution in [0.4, 0.5) is 5.13 Å². The number of thiazole rings is 1. The van der Waals surface area contributed by atoms with Crippen molar-refractivity contribution >= 4 is 28.4 Å². The van der Waals surface area contributed by atoms with Crippen LogP contribution >= 0.6 is 11.3 Å². The molecule has 0 spiro atoms. The molecular formula is C9H12N4O2S. The number of aromatic nitrogens is 1. The number of aliphatic imine (C=N–C) groups is 1. The molecule has 1 atom stereocenters. The Kier molecular flexibility index (Phi) is 2.78. The van der Waals surface area contributed by atoms with Crippen LogP contribution in [0.2, 0.25) is 0 Å². The number of aliphatic carboxylic acids is 1. The fraction of sp³-hybridized carbons (Fsp3) is 0.444. The molecule has 5 N–H and O–H groups in total. The molecule has 1 aliphatic carbocycles. The Balaban J connectivity index is 2.23. The number of nitrogens with two attached hydrogens (primary N) is 2. The van der Waals surface area contributed by atoms with Crippen molar-refractivity contribution < 1.29 is 9.90 Å². The summed E-state index contributed by atoms with van der Waals surface area (Å²) >= 11 is 1.36. The van der Waals surface area contributed by atoms with Crippen molar-refractivity contribution in [3.8, 4) is 0 Å². The van der Waals surface area contributed by atoms with E-state index in [9.17, 15) is 4.79 Å². The minimum absolute atomic E-state index is 0.0270. The van der Waals surface area contributed by atoms with Crippen molar-refractivity contribution in [1.82, 2.24) is 4.98 Å². The van der Waals surface area contributed by atoms with Gasteiger partial charge in [-0.1, -0.05) is 11.3 Å². The third-order valence-corrected chi connectivity index (χ3v) is 3.52. The van der Waals surface area contributed by atoms with Gasteiger partial charge in [0.1, 0.15) is 0 Å². The van der Waals surface area contributed by atoms with Gasteiger partial charge in [0.2, 0.25) is 5.13 Å². The largest absolute Gasteiger partial charge is 0.481 e. The Morgan fingerprint density at radius 2 is 2.31 bits per heavy atom. The summed E-state index contributed by atoms with van der Waals surface area (Å²) < 4.78 is 0. The minimum Gasteiger partial charge on any atom is -0.481 e. The first kappa shape index (κ1) is 10.9. The number of carboxylic acids is 1. The highest BCUT2D eigenvalue weighted by Crippen LogP contribution is 2.33. The topological polar surface area (TPSA) is 115 Å². The van der Waals surface area contributed by atoms with Crippen LogP contribution < -0.4 is 11.5 Å². The zero-order chi connectivity index (χ0) is 11.7. The monoisotopic (exact) mass is 240 g/mol. The van der Waals surface area contributed by atoms with Crippen molar-refractivity contribution in [3.05, 3.63) is 10.6 Å². The maximum atomic E-state index is 10.9. The first-order valence-electron chi connectivity index (χ1n) is 4.87. The van der Waals surface area contributed by atoms with E-state index in [1.54, 1.807) is 0 Å². The second kappa shape index (κ2) is 4.09. The van der Waals surface area contributed by atoms with Crippen molar-refractivity contribution in [2.45, 2.75) is 19.3 Å². The molecule has 1 aromatic rings. The number of carboxylic acid groups (broad SMARTS) is 1. The maximum absolute atomic E-state index is 10.9. The number of hydrogen-bond acceptors (Lipinski definition) is 4. The Hall–Kier alpha value is -1.63. The summed E-state index contributed by atoms with van der Waals surface area (Å²) in [5, 5.41) is 9.44. The minimum atomic E-state index is -0.748. The van der Waals surface area contributed by atoms with Crippen molar-refractivity contribution in [3.63, 3.8) is 0 Å². The van der Waals surface area contributed by atoms with Crippen LogP contribution in [0.3, 0.4) is 0 Å². The molecule has 1 heterocycles. The lowest BCUT2D eigenvalue weighted by molar-refractivity contribution is -0.142. The number of carbonyl (C=O) groups is 1. The number of rotatable bonds is 2. The second-order valence-corrected chi connectivity index (χ2v) is 4.74. The molecule has 7 heteroatoms. The van der Waals surface area contributed by atoms with E-state index in [2.05, 4.69) is 9.98 Å². The van der Waals surface area contributed by atoms with E-state index >= 15 is 0 Å². The predicted octanol–water partition coefficient (Wildman–Crippen LogP) is 0.237. The van der Waals surface area contributed by atoms with Gasteiger partial charge in [-0.3, -0.25) is 4.79 Å². The SMILES string of the molecule is NC(N)=Nc1nc2c(s1)C[C@H](C(=O)O)CC2. The van der Waals surface area contributed by atoms with Gasteiger partial charge in [0.25, 0.3) is 0 Å². The molecule has 0 radical (unpaired) electrons. The number of guanidine groups is 1. The van der Waals surface area contributed by atoms with E-state index in [1.807, 2.05) is 0 Å². The summed E-state index contributed by atoms with van der Waals surface area (Å²) in [6, 6.07) is 0. The van der Waals surface area contributed by atoms with Gasteiger partial charge in [-0.05, 0) is 19.3 Å². The maximum Gasteiger partial charge on any atom is 0.306 e. The number of aryl methyl sites for hydroxylation is 1. The average molecular weight is 240 g/mol.